The fourth-order valence-corrected chi connectivity index (χ4v) is 20.2. The Balaban J connectivity index is 1.04. The number of carboxylic acids is 3. The van der Waals surface area contributed by atoms with Gasteiger partial charge in [-0.05, 0) is 6.42 Å². The quantitative estimate of drug-likeness (QED) is 0.0252. The second-order valence-corrected chi connectivity index (χ2v) is 42.9. The normalized spacial score (nSPS) is 40.1. The van der Waals surface area contributed by atoms with Gasteiger partial charge in [0.2, 0.25) is 0 Å². The van der Waals surface area contributed by atoms with Gasteiger partial charge in [0, 0.05) is 0 Å². The molecule has 40 atom stereocenters. The van der Waals surface area contributed by atoms with Crippen molar-refractivity contribution in [1.82, 2.24) is 18.9 Å². The maximum absolute atomic E-state index is 13.5. The monoisotopic (exact) mass is 2310 g/mol. The molecule has 28 N–H and O–H groups in total. The van der Waals surface area contributed by atoms with E-state index < -0.39 is 427 Å². The van der Waals surface area contributed by atoms with Gasteiger partial charge >= 0.3 is 142 Å². The number of hydrogen-bond acceptors (Lipinski definition) is 60. The van der Waals surface area contributed by atoms with Gasteiger partial charge in [0.25, 0.3) is 0 Å². The molecule has 0 saturated carbocycles. The first-order valence-electron chi connectivity index (χ1n) is 36.9. The van der Waals surface area contributed by atoms with Gasteiger partial charge in [0.15, 0.2) is 93.0 Å². The highest BCUT2D eigenvalue weighted by Crippen LogP contribution is 2.43. The summed E-state index contributed by atoms with van der Waals surface area (Å²) < 4.78 is 539. The number of nitrogens with one attached hydrogen (secondary N) is 4. The van der Waals surface area contributed by atoms with Gasteiger partial charge in [0.1, 0.15) is 146 Å². The molecule has 140 heavy (non-hydrogen) atoms. The summed E-state index contributed by atoms with van der Waals surface area (Å²) in [5, 5.41) is 137. The third-order valence-electron chi connectivity index (χ3n) is 19.9. The molecule has 0 aromatic carbocycles. The van der Waals surface area contributed by atoms with Crippen molar-refractivity contribution in [2.75, 3.05) is 33.0 Å². The number of carboxylic acid groups (broad SMARTS) is 3. The molecule has 2 bridgehead atoms. The molecule has 91 heteroatoms. The van der Waals surface area contributed by atoms with Crippen LogP contribution in [0.1, 0.15) is 6.42 Å². The maximum atomic E-state index is 13.5. The number of fused-ring (bicyclic) bond motifs is 2. The second-order valence-electron chi connectivity index (χ2n) is 29.6. The van der Waals surface area contributed by atoms with Crippen LogP contribution in [0, 0.1) is 0 Å². The lowest BCUT2D eigenvalue weighted by Crippen LogP contribution is -2.71. The SMILES string of the molecule is O=C(O)[C@H]1O[C@H](O[C@H]2[C@H](O)[C@@H](NS(=O)(=O)O)[C@@H](O[C@@H]3[C@@H](O)[C@H](OS(=O)(=O)O)[C@@H](O[C@H]4[C@H](O)[C@@H](NS(=O)(=O)O)[C@@H](O[C@H]5[C@H](O)[C@@H](OS(=O)(=O)O)[C@H]6OCC[C@@H]5O6)O[C@@H]4COS(=O)(=O)O)O[C@@H]3C(=O)O)O[C@@H]2COS(=O)(=O)O)[C@@H](OS(=O)(=O)O)[C@H](O)[C@H]1O[C@H]1O[C@H](COS(=O)(=O)O)[C@@H](O[C@H]2O[C@H](C(=O)O)[C@H](O[C@H]3O[C@H](COS(=O)(=O)O)[C@@H](O)[C@H](O)[C@H]3NS(=O)(=O)O)[C@@H](O)[C@@H]2OS(=O)(=O)O)[C@H](O)[C@H]1NS(=O)(=O)O. The summed E-state index contributed by atoms with van der Waals surface area (Å²) in [6, 6.07) is -12.2. The first-order valence-corrected chi connectivity index (χ1v) is 53.6. The average Bonchev–Trinajstić information content (AvgIpc) is 0.754. The van der Waals surface area contributed by atoms with E-state index in [1.807, 2.05) is 0 Å². The molecule has 818 valence electrons. The Morgan fingerprint density at radius 3 is 0.729 bits per heavy atom. The summed E-state index contributed by atoms with van der Waals surface area (Å²) in [6.45, 7) is -8.18. The van der Waals surface area contributed by atoms with Crippen molar-refractivity contribution in [3.8, 4) is 0 Å². The first kappa shape index (κ1) is 119. The van der Waals surface area contributed by atoms with E-state index in [4.69, 9.17) is 80.3 Å². The molecule has 9 rings (SSSR count). The van der Waals surface area contributed by atoms with Crippen LogP contribution in [0.3, 0.4) is 0 Å². The van der Waals surface area contributed by atoms with Gasteiger partial charge in [0.05, 0.1) is 39.1 Å². The van der Waals surface area contributed by atoms with Crippen LogP contribution in [0.4, 0.5) is 0 Å². The van der Waals surface area contributed by atoms with Crippen molar-refractivity contribution in [2.24, 2.45) is 0 Å². The molecular weight excluding hydrogens is 2230 g/mol. The Hall–Kier alpha value is -4.15. The summed E-state index contributed by atoms with van der Waals surface area (Å²) in [4.78, 5) is 39.9. The Kier molecular flexibility index (Phi) is 38.7. The molecule has 9 saturated heterocycles. The van der Waals surface area contributed by atoms with E-state index in [0.717, 1.165) is 9.44 Å². The molecule has 0 aromatic rings. The highest BCUT2D eigenvalue weighted by atomic mass is 32.3. The van der Waals surface area contributed by atoms with Gasteiger partial charge in [-0.15, -0.1) is 0 Å². The third kappa shape index (κ3) is 33.4. The number of rotatable bonds is 45. The van der Waals surface area contributed by atoms with E-state index in [-0.39, 0.29) is 0 Å². The van der Waals surface area contributed by atoms with Crippen LogP contribution in [0.15, 0.2) is 0 Å². The summed E-state index contributed by atoms with van der Waals surface area (Å²) in [5.41, 5.74) is 0. The minimum Gasteiger partial charge on any atom is -0.479 e. The van der Waals surface area contributed by atoms with Crippen LogP contribution in [0.2, 0.25) is 0 Å². The van der Waals surface area contributed by atoms with Crippen molar-refractivity contribution >= 4 is 142 Å². The molecule has 0 radical (unpaired) electrons. The van der Waals surface area contributed by atoms with E-state index in [0.29, 0.717) is 0 Å². The summed E-state index contributed by atoms with van der Waals surface area (Å²) in [6.07, 6.45) is -110. The lowest BCUT2D eigenvalue weighted by atomic mass is 9.93. The van der Waals surface area contributed by atoms with Crippen LogP contribution in [-0.4, -0.2) is 513 Å². The average molecular weight is 2310 g/mol. The largest absolute Gasteiger partial charge is 0.479 e. The smallest absolute Gasteiger partial charge is 0.397 e. The summed E-state index contributed by atoms with van der Waals surface area (Å²) in [5.74, 6) is -7.94. The molecule has 0 unspecified atom stereocenters. The zero-order valence-electron chi connectivity index (χ0n) is 67.3. The van der Waals surface area contributed by atoms with Crippen LogP contribution in [-0.2, 0) is 248 Å². The van der Waals surface area contributed by atoms with Gasteiger partial charge < -0.3 is 137 Å². The minimum absolute atomic E-state index is 0.391. The number of ether oxygens (including phenoxy) is 16. The van der Waals surface area contributed by atoms with Crippen LogP contribution in [0.5, 0.6) is 0 Å². The molecule has 0 amide bonds. The molecule has 9 heterocycles. The highest BCUT2D eigenvalue weighted by Gasteiger charge is 2.65. The molecule has 0 spiro atoms. The molecule has 0 aromatic heterocycles. The zero-order valence-corrected chi connectivity index (χ0v) is 77.1. The fourth-order valence-electron chi connectivity index (χ4n) is 14.6. The Bertz CT molecular complexity index is 5830. The van der Waals surface area contributed by atoms with Crippen LogP contribution < -0.4 is 18.9 Å². The van der Waals surface area contributed by atoms with E-state index >= 15 is 0 Å². The lowest BCUT2D eigenvalue weighted by Gasteiger charge is -2.51. The predicted molar refractivity (Wildman–Crippen MR) is 401 cm³/mol. The van der Waals surface area contributed by atoms with E-state index in [2.05, 4.69) is 33.5 Å². The van der Waals surface area contributed by atoms with Crippen molar-refractivity contribution < 1.29 is 341 Å². The van der Waals surface area contributed by atoms with E-state index in [1.54, 1.807) is 0 Å². The van der Waals surface area contributed by atoms with Gasteiger partial charge in [-0.25, -0.2) is 47.8 Å². The van der Waals surface area contributed by atoms with Crippen molar-refractivity contribution in [3.63, 3.8) is 0 Å². The molecule has 79 nitrogen and oxygen atoms in total. The Labute approximate surface area is 782 Å². The van der Waals surface area contributed by atoms with E-state index in [1.165, 1.54) is 9.44 Å². The minimum atomic E-state index is -6.51. The standard InChI is InChI=1S/C49H80N4O75S12/c54-16-8(3-106-133(81,82)83)111-42(12(17(16)55)50-129(69,70)71)119-29-22(60)33(126-138(96,97)98)47(122-36(29)39(63)64)117-27-10(5-108-135(87,88)89)113-44(14(19(27)57)52-131(75,76)77)121-31-24(62)35(128-140(102,103)104)49(124-38(31)41(67)68)118-28-11(6-109-136(90,91)92)114-45(15(20(28)58)53-132(78,79)80)120-30-23(61)34(127-139(99,100)101)48(123-37(30)40(65)66)116-26-9(4-107-134(84,85)86)112-43(13(18(26)56)51-130(72,73)74)115-25-7-1-2-105-46(110-7)32(21(25)59)125-137(93,94)95/h7-38,42-62H,1-6H2,(H,63,64)(H,65,66)(H,67,68)(H,69,70,71)(H,72,73,74)(H,75,76,77)(H,78,79,80)(H,81,82,83)(H,84,85,86)(H,87,88,89)(H,90,91,92)(H,93,94,95)(H,96,97,98)(H,99,100,101)(H,102,103,104)/t7-,8+,9+,10+,11+,12+,13+,14+,15+,16+,17+,18+,19+,20+,21-,22+,23+,24+,25+,26+,27+,28+,29+,30+,31+,32+,33-,34-,35-,36-,37-,38-,42+,43+,44+,45+,46-,47-,48-,49-/m0/s1. The number of aliphatic hydroxyl groups excluding tert-OH is 9. The summed E-state index contributed by atoms with van der Waals surface area (Å²) >= 11 is 0. The molecule has 9 aliphatic heterocycles. The third-order valence-corrected chi connectivity index (χ3v) is 25.8. The number of carbonyl (C=O) groups is 3. The molecule has 0 aliphatic carbocycles. The topological polar surface area (TPSA) is 1220 Å². The zero-order chi connectivity index (χ0) is 106. The van der Waals surface area contributed by atoms with Gasteiger partial charge in [-0.3, -0.25) is 54.6 Å². The van der Waals surface area contributed by atoms with Crippen molar-refractivity contribution in [3.05, 3.63) is 0 Å². The molecular formula is C49H80N4O75S12. The van der Waals surface area contributed by atoms with Crippen LogP contribution >= 0.6 is 0 Å². The Morgan fingerprint density at radius 1 is 0.250 bits per heavy atom. The van der Waals surface area contributed by atoms with Gasteiger partial charge in [-0.2, -0.15) is 120 Å². The predicted octanol–water partition coefficient (Wildman–Crippen LogP) is -20.5. The number of aliphatic carboxylic acids is 3. The highest BCUT2D eigenvalue weighted by molar-refractivity contribution is 7.85. The van der Waals surface area contributed by atoms with E-state index in [9.17, 15) is 227 Å². The number of aliphatic hydroxyl groups is 9. The Morgan fingerprint density at radius 2 is 0.479 bits per heavy atom. The van der Waals surface area contributed by atoms with Crippen molar-refractivity contribution in [2.45, 2.75) is 252 Å². The van der Waals surface area contributed by atoms with Crippen LogP contribution in [0.25, 0.3) is 0 Å². The molecule has 9 fully saturated rings. The van der Waals surface area contributed by atoms with Crippen molar-refractivity contribution in [1.29, 1.82) is 0 Å². The lowest BCUT2D eigenvalue weighted by molar-refractivity contribution is -0.380. The summed E-state index contributed by atoms with van der Waals surface area (Å²) in [7, 11) is -72.5. The number of hydrogen-bond donors (Lipinski definition) is 28. The second kappa shape index (κ2) is 45.3. The maximum Gasteiger partial charge on any atom is 0.397 e. The first-order chi connectivity index (χ1) is 63.5. The van der Waals surface area contributed by atoms with Gasteiger partial charge in [-0.1, -0.05) is 0 Å². The molecule has 9 aliphatic rings. The fraction of sp³-hybridized carbons (Fsp3) is 0.939.